The summed E-state index contributed by atoms with van der Waals surface area (Å²) in [5, 5.41) is 3.56. The lowest BCUT2D eigenvalue weighted by atomic mass is 10.3. The van der Waals surface area contributed by atoms with E-state index in [2.05, 4.69) is 5.32 Å². The van der Waals surface area contributed by atoms with Crippen LogP contribution in [0.5, 0.6) is 0 Å². The van der Waals surface area contributed by atoms with Gasteiger partial charge in [-0.15, -0.1) is 0 Å². The van der Waals surface area contributed by atoms with Crippen LogP contribution >= 0.6 is 23.4 Å². The molecule has 3 nitrogen and oxygen atoms in total. The van der Waals surface area contributed by atoms with E-state index in [1.54, 1.807) is 18.9 Å². The maximum Gasteiger partial charge on any atom is 0.226 e. The van der Waals surface area contributed by atoms with E-state index >= 15 is 0 Å². The Hall–Kier alpha value is -1.49. The summed E-state index contributed by atoms with van der Waals surface area (Å²) in [5.41, 5.74) is 0.777. The number of carbonyl (C=O) groups is 1. The van der Waals surface area contributed by atoms with Crippen LogP contribution in [0.15, 0.2) is 58.3 Å². The SMILES string of the molecule is COCCC(=O)Nc1ccc(Sc2ccccc2Cl)cc1. The molecular weight excluding hydrogens is 306 g/mol. The Morgan fingerprint density at radius 3 is 2.57 bits per heavy atom. The van der Waals surface area contributed by atoms with Crippen molar-refractivity contribution in [2.45, 2.75) is 16.2 Å². The monoisotopic (exact) mass is 321 g/mol. The Kier molecular flexibility index (Phi) is 6.11. The molecule has 0 radical (unpaired) electrons. The van der Waals surface area contributed by atoms with Crippen molar-refractivity contribution >= 4 is 35.0 Å². The number of ether oxygens (including phenoxy) is 1. The van der Waals surface area contributed by atoms with Crippen LogP contribution < -0.4 is 5.32 Å². The number of halogens is 1. The zero-order valence-electron chi connectivity index (χ0n) is 11.6. The van der Waals surface area contributed by atoms with Crippen molar-refractivity contribution in [1.29, 1.82) is 0 Å². The molecule has 0 unspecified atom stereocenters. The summed E-state index contributed by atoms with van der Waals surface area (Å²) in [7, 11) is 1.58. The van der Waals surface area contributed by atoms with Gasteiger partial charge < -0.3 is 10.1 Å². The molecule has 110 valence electrons. The van der Waals surface area contributed by atoms with Crippen molar-refractivity contribution < 1.29 is 9.53 Å². The molecule has 0 aromatic heterocycles. The van der Waals surface area contributed by atoms with Crippen LogP contribution in [0, 0.1) is 0 Å². The second kappa shape index (κ2) is 8.08. The molecule has 21 heavy (non-hydrogen) atoms. The smallest absolute Gasteiger partial charge is 0.226 e. The van der Waals surface area contributed by atoms with E-state index in [0.29, 0.717) is 13.0 Å². The molecule has 0 atom stereocenters. The van der Waals surface area contributed by atoms with Crippen LogP contribution in [-0.2, 0) is 9.53 Å². The highest BCUT2D eigenvalue weighted by Crippen LogP contribution is 2.33. The predicted octanol–water partition coefficient (Wildman–Crippen LogP) is 4.47. The summed E-state index contributed by atoms with van der Waals surface area (Å²) in [6.45, 7) is 0.423. The number of amides is 1. The maximum absolute atomic E-state index is 11.6. The van der Waals surface area contributed by atoms with Crippen LogP contribution in [0.1, 0.15) is 6.42 Å². The summed E-state index contributed by atoms with van der Waals surface area (Å²) >= 11 is 7.72. The number of carbonyl (C=O) groups excluding carboxylic acids is 1. The summed E-state index contributed by atoms with van der Waals surface area (Å²) < 4.78 is 4.87. The molecule has 0 aliphatic carbocycles. The lowest BCUT2D eigenvalue weighted by Gasteiger charge is -2.07. The number of hydrogen-bond donors (Lipinski definition) is 1. The molecule has 2 rings (SSSR count). The predicted molar refractivity (Wildman–Crippen MR) is 87.1 cm³/mol. The molecule has 0 fully saturated rings. The first-order valence-corrected chi connectivity index (χ1v) is 7.70. The zero-order chi connectivity index (χ0) is 15.1. The van der Waals surface area contributed by atoms with E-state index in [9.17, 15) is 4.79 Å². The molecule has 1 amide bonds. The lowest BCUT2D eigenvalue weighted by molar-refractivity contribution is -0.117. The van der Waals surface area contributed by atoms with Crippen molar-refractivity contribution in [2.75, 3.05) is 19.0 Å². The number of benzene rings is 2. The summed E-state index contributed by atoms with van der Waals surface area (Å²) in [6, 6.07) is 15.4. The van der Waals surface area contributed by atoms with Crippen LogP contribution in [0.4, 0.5) is 5.69 Å². The normalized spacial score (nSPS) is 10.4. The molecule has 2 aromatic rings. The molecule has 2 aromatic carbocycles. The van der Waals surface area contributed by atoms with Crippen molar-refractivity contribution in [1.82, 2.24) is 0 Å². The average Bonchev–Trinajstić information content (AvgIpc) is 2.49. The maximum atomic E-state index is 11.6. The average molecular weight is 322 g/mol. The third kappa shape index (κ3) is 5.08. The zero-order valence-corrected chi connectivity index (χ0v) is 13.2. The van der Waals surface area contributed by atoms with Crippen LogP contribution in [-0.4, -0.2) is 19.6 Å². The van der Waals surface area contributed by atoms with Gasteiger partial charge in [0.1, 0.15) is 0 Å². The standard InChI is InChI=1S/C16H16ClNO2S/c1-20-11-10-16(19)18-12-6-8-13(9-7-12)21-15-5-3-2-4-14(15)17/h2-9H,10-11H2,1H3,(H,18,19). The second-order valence-electron chi connectivity index (χ2n) is 4.35. The largest absolute Gasteiger partial charge is 0.384 e. The molecule has 5 heteroatoms. The number of nitrogens with one attached hydrogen (secondary N) is 1. The minimum Gasteiger partial charge on any atom is -0.384 e. The summed E-state index contributed by atoms with van der Waals surface area (Å²) in [4.78, 5) is 13.7. The third-order valence-electron chi connectivity index (χ3n) is 2.74. The molecule has 1 N–H and O–H groups in total. The Balaban J connectivity index is 1.96. The number of anilines is 1. The fourth-order valence-electron chi connectivity index (χ4n) is 1.68. The Labute approximate surface area is 133 Å². The van der Waals surface area contributed by atoms with Gasteiger partial charge in [0.2, 0.25) is 5.91 Å². The fraction of sp³-hybridized carbons (Fsp3) is 0.188. The summed E-state index contributed by atoms with van der Waals surface area (Å²) in [6.07, 6.45) is 0.354. The van der Waals surface area contributed by atoms with Crippen molar-refractivity contribution in [3.63, 3.8) is 0 Å². The Morgan fingerprint density at radius 1 is 1.19 bits per heavy atom. The van der Waals surface area contributed by atoms with E-state index in [0.717, 1.165) is 20.5 Å². The van der Waals surface area contributed by atoms with Crippen LogP contribution in [0.25, 0.3) is 0 Å². The van der Waals surface area contributed by atoms with Crippen molar-refractivity contribution in [3.8, 4) is 0 Å². The molecule has 0 saturated carbocycles. The lowest BCUT2D eigenvalue weighted by Crippen LogP contribution is -2.13. The second-order valence-corrected chi connectivity index (χ2v) is 5.87. The van der Waals surface area contributed by atoms with Crippen LogP contribution in [0.3, 0.4) is 0 Å². The first-order valence-electron chi connectivity index (χ1n) is 6.50. The van der Waals surface area contributed by atoms with Gasteiger partial charge in [0.05, 0.1) is 18.1 Å². The first kappa shape index (κ1) is 15.9. The number of hydrogen-bond acceptors (Lipinski definition) is 3. The van der Waals surface area contributed by atoms with E-state index in [1.165, 1.54) is 0 Å². The fourth-order valence-corrected chi connectivity index (χ4v) is 2.77. The van der Waals surface area contributed by atoms with Gasteiger partial charge in [0, 0.05) is 22.6 Å². The molecule has 0 aliphatic heterocycles. The van der Waals surface area contributed by atoms with Gasteiger partial charge in [-0.25, -0.2) is 0 Å². The molecular formula is C16H16ClNO2S. The van der Waals surface area contributed by atoms with Crippen LogP contribution in [0.2, 0.25) is 5.02 Å². The molecule has 0 spiro atoms. The van der Waals surface area contributed by atoms with Crippen molar-refractivity contribution in [3.05, 3.63) is 53.6 Å². The van der Waals surface area contributed by atoms with E-state index < -0.39 is 0 Å². The van der Waals surface area contributed by atoms with Crippen molar-refractivity contribution in [2.24, 2.45) is 0 Å². The molecule has 0 aliphatic rings. The van der Waals surface area contributed by atoms with Gasteiger partial charge in [0.15, 0.2) is 0 Å². The van der Waals surface area contributed by atoms with E-state index in [4.69, 9.17) is 16.3 Å². The van der Waals surface area contributed by atoms with E-state index in [1.807, 2.05) is 48.5 Å². The molecule has 0 heterocycles. The van der Waals surface area contributed by atoms with Gasteiger partial charge in [-0.2, -0.15) is 0 Å². The Morgan fingerprint density at radius 2 is 1.90 bits per heavy atom. The first-order chi connectivity index (χ1) is 10.2. The minimum atomic E-state index is -0.0524. The van der Waals surface area contributed by atoms with Gasteiger partial charge in [-0.05, 0) is 36.4 Å². The quantitative estimate of drug-likeness (QED) is 0.853. The molecule has 0 saturated heterocycles. The van der Waals surface area contributed by atoms with Gasteiger partial charge >= 0.3 is 0 Å². The van der Waals surface area contributed by atoms with Gasteiger partial charge in [0.25, 0.3) is 0 Å². The molecule has 0 bridgehead atoms. The third-order valence-corrected chi connectivity index (χ3v) is 4.26. The van der Waals surface area contributed by atoms with Gasteiger partial charge in [-0.1, -0.05) is 35.5 Å². The highest BCUT2D eigenvalue weighted by atomic mass is 35.5. The topological polar surface area (TPSA) is 38.3 Å². The number of methoxy groups -OCH3 is 1. The highest BCUT2D eigenvalue weighted by Gasteiger charge is 2.04. The Bertz CT molecular complexity index is 601. The highest BCUT2D eigenvalue weighted by molar-refractivity contribution is 7.99. The number of rotatable bonds is 6. The minimum absolute atomic E-state index is 0.0524. The van der Waals surface area contributed by atoms with E-state index in [-0.39, 0.29) is 5.91 Å². The summed E-state index contributed by atoms with van der Waals surface area (Å²) in [5.74, 6) is -0.0524. The van der Waals surface area contributed by atoms with Gasteiger partial charge in [-0.3, -0.25) is 4.79 Å².